The van der Waals surface area contributed by atoms with Gasteiger partial charge in [0.1, 0.15) is 6.54 Å². The number of aldehydes is 1. The monoisotopic (exact) mass is 300 g/mol. The molecule has 0 spiro atoms. The van der Waals surface area contributed by atoms with Crippen LogP contribution in [-0.4, -0.2) is 36.0 Å². The lowest BCUT2D eigenvalue weighted by Gasteiger charge is -2.12. The van der Waals surface area contributed by atoms with Gasteiger partial charge < -0.3 is 14.6 Å². The first-order valence-corrected chi connectivity index (χ1v) is 7.62. The number of rotatable bonds is 5. The molecule has 1 saturated heterocycles. The third-order valence-electron chi connectivity index (χ3n) is 4.25. The molecular formula is C17H20N2O3. The van der Waals surface area contributed by atoms with Crippen LogP contribution in [0.3, 0.4) is 0 Å². The van der Waals surface area contributed by atoms with E-state index < -0.39 is 0 Å². The van der Waals surface area contributed by atoms with Gasteiger partial charge in [-0.15, -0.1) is 0 Å². The highest BCUT2D eigenvalue weighted by atomic mass is 16.5. The second kappa shape index (κ2) is 6.32. The van der Waals surface area contributed by atoms with Gasteiger partial charge in [0.25, 0.3) is 0 Å². The molecule has 0 saturated carbocycles. The number of aromatic nitrogens is 1. The molecule has 1 amide bonds. The summed E-state index contributed by atoms with van der Waals surface area (Å²) in [5.74, 6) is -0.0585. The maximum absolute atomic E-state index is 12.2. The molecule has 1 aliphatic rings. The number of benzene rings is 1. The Hall–Kier alpha value is -2.14. The molecule has 1 aromatic heterocycles. The van der Waals surface area contributed by atoms with E-state index in [4.69, 9.17) is 4.74 Å². The molecule has 1 N–H and O–H groups in total. The lowest BCUT2D eigenvalue weighted by atomic mass is 10.1. The van der Waals surface area contributed by atoms with Crippen LogP contribution in [0.15, 0.2) is 24.3 Å². The molecule has 2 aromatic rings. The highest BCUT2D eigenvalue weighted by Crippen LogP contribution is 2.24. The smallest absolute Gasteiger partial charge is 0.240 e. The average Bonchev–Trinajstić information content (AvgIpc) is 3.13. The molecule has 2 heterocycles. The number of carbonyl (C=O) groups excluding carboxylic acids is 2. The van der Waals surface area contributed by atoms with Crippen LogP contribution in [0, 0.1) is 6.92 Å². The summed E-state index contributed by atoms with van der Waals surface area (Å²) in [6, 6.07) is 7.66. The van der Waals surface area contributed by atoms with Crippen LogP contribution >= 0.6 is 0 Å². The molecule has 5 nitrogen and oxygen atoms in total. The van der Waals surface area contributed by atoms with E-state index in [1.54, 1.807) is 0 Å². The minimum absolute atomic E-state index is 0.0585. The molecule has 0 bridgehead atoms. The first-order chi connectivity index (χ1) is 10.7. The summed E-state index contributed by atoms with van der Waals surface area (Å²) in [5.41, 5.74) is 2.39. The normalized spacial score (nSPS) is 17.8. The number of hydrogen-bond donors (Lipinski definition) is 1. The fraction of sp³-hybridized carbons (Fsp3) is 0.412. The summed E-state index contributed by atoms with van der Waals surface area (Å²) in [4.78, 5) is 23.5. The number of ether oxygens (including phenoxy) is 1. The molecule has 116 valence electrons. The molecular weight excluding hydrogens is 280 g/mol. The van der Waals surface area contributed by atoms with Crippen LogP contribution in [0.25, 0.3) is 10.9 Å². The highest BCUT2D eigenvalue weighted by molar-refractivity contribution is 5.99. The zero-order valence-electron chi connectivity index (χ0n) is 12.7. The molecule has 3 rings (SSSR count). The summed E-state index contributed by atoms with van der Waals surface area (Å²) in [6.45, 7) is 3.42. The Kier molecular flexibility index (Phi) is 4.24. The number of nitrogens with one attached hydrogen (secondary N) is 1. The summed E-state index contributed by atoms with van der Waals surface area (Å²) in [7, 11) is 0. The second-order valence-electron chi connectivity index (χ2n) is 5.66. The van der Waals surface area contributed by atoms with Crippen molar-refractivity contribution >= 4 is 23.1 Å². The van der Waals surface area contributed by atoms with Crippen molar-refractivity contribution in [3.8, 4) is 0 Å². The van der Waals surface area contributed by atoms with E-state index in [0.29, 0.717) is 12.1 Å². The Balaban J connectivity index is 1.76. The Labute approximate surface area is 129 Å². The quantitative estimate of drug-likeness (QED) is 0.860. The maximum Gasteiger partial charge on any atom is 0.240 e. The molecule has 0 radical (unpaired) electrons. The molecule has 1 fully saturated rings. The topological polar surface area (TPSA) is 60.3 Å². The number of carbonyl (C=O) groups is 2. The van der Waals surface area contributed by atoms with Gasteiger partial charge in [-0.05, 0) is 25.8 Å². The lowest BCUT2D eigenvalue weighted by molar-refractivity contribution is -0.122. The van der Waals surface area contributed by atoms with Gasteiger partial charge in [-0.25, -0.2) is 0 Å². The van der Waals surface area contributed by atoms with Gasteiger partial charge in [0.15, 0.2) is 6.29 Å². The van der Waals surface area contributed by atoms with Crippen molar-refractivity contribution in [3.63, 3.8) is 0 Å². The Morgan fingerprint density at radius 3 is 3.00 bits per heavy atom. The number of amides is 1. The molecule has 5 heteroatoms. The second-order valence-corrected chi connectivity index (χ2v) is 5.66. The van der Waals surface area contributed by atoms with Crippen LogP contribution < -0.4 is 5.32 Å². The minimum Gasteiger partial charge on any atom is -0.376 e. The van der Waals surface area contributed by atoms with Gasteiger partial charge in [0, 0.05) is 35.3 Å². The Morgan fingerprint density at radius 1 is 1.45 bits per heavy atom. The first kappa shape index (κ1) is 14.8. The van der Waals surface area contributed by atoms with Crippen molar-refractivity contribution in [2.75, 3.05) is 13.2 Å². The molecule has 1 atom stereocenters. The van der Waals surface area contributed by atoms with E-state index >= 15 is 0 Å². The molecule has 0 aliphatic carbocycles. The fourth-order valence-electron chi connectivity index (χ4n) is 3.04. The van der Waals surface area contributed by atoms with Crippen LogP contribution in [-0.2, 0) is 16.1 Å². The summed E-state index contributed by atoms with van der Waals surface area (Å²) in [6.07, 6.45) is 3.06. The highest BCUT2D eigenvalue weighted by Gasteiger charge is 2.18. The Morgan fingerprint density at radius 2 is 2.27 bits per heavy atom. The predicted octanol–water partition coefficient (Wildman–Crippen LogP) is 2.06. The molecule has 1 aromatic carbocycles. The first-order valence-electron chi connectivity index (χ1n) is 7.62. The predicted molar refractivity (Wildman–Crippen MR) is 84.0 cm³/mol. The summed E-state index contributed by atoms with van der Waals surface area (Å²) < 4.78 is 7.39. The lowest BCUT2D eigenvalue weighted by Crippen LogP contribution is -2.34. The Bertz CT molecular complexity index is 699. The molecule has 0 unspecified atom stereocenters. The van der Waals surface area contributed by atoms with Crippen molar-refractivity contribution < 1.29 is 14.3 Å². The van der Waals surface area contributed by atoms with Gasteiger partial charge in [-0.3, -0.25) is 9.59 Å². The zero-order chi connectivity index (χ0) is 15.5. The van der Waals surface area contributed by atoms with Crippen molar-refractivity contribution in [1.82, 2.24) is 9.88 Å². The maximum atomic E-state index is 12.2. The van der Waals surface area contributed by atoms with Crippen molar-refractivity contribution in [2.45, 2.75) is 32.4 Å². The largest absolute Gasteiger partial charge is 0.376 e. The fourth-order valence-corrected chi connectivity index (χ4v) is 3.04. The van der Waals surface area contributed by atoms with Crippen molar-refractivity contribution in [2.24, 2.45) is 0 Å². The van der Waals surface area contributed by atoms with Crippen molar-refractivity contribution in [3.05, 3.63) is 35.5 Å². The molecule has 1 aliphatic heterocycles. The van der Waals surface area contributed by atoms with Crippen LogP contribution in [0.1, 0.15) is 28.9 Å². The van der Waals surface area contributed by atoms with Crippen LogP contribution in [0.4, 0.5) is 0 Å². The zero-order valence-corrected chi connectivity index (χ0v) is 12.7. The number of nitrogens with zero attached hydrogens (tertiary/aromatic N) is 1. The third-order valence-corrected chi connectivity index (χ3v) is 4.25. The van der Waals surface area contributed by atoms with Gasteiger partial charge in [-0.1, -0.05) is 18.2 Å². The van der Waals surface area contributed by atoms with E-state index in [9.17, 15) is 9.59 Å². The SMILES string of the molecule is Cc1c(C=O)c2ccccc2n1CC(=O)NC[C@H]1CCCO1. The third kappa shape index (κ3) is 2.76. The van der Waals surface area contributed by atoms with Gasteiger partial charge in [-0.2, -0.15) is 0 Å². The van der Waals surface area contributed by atoms with E-state index in [2.05, 4.69) is 5.32 Å². The number of hydrogen-bond acceptors (Lipinski definition) is 3. The van der Waals surface area contributed by atoms with E-state index in [1.165, 1.54) is 0 Å². The standard InChI is InChI=1S/C17H20N2O3/c1-12-15(11-20)14-6-2-3-7-16(14)19(12)10-17(21)18-9-13-5-4-8-22-13/h2-3,6-7,11,13H,4-5,8-10H2,1H3,(H,18,21)/t13-/m1/s1. The van der Waals surface area contributed by atoms with Gasteiger partial charge >= 0.3 is 0 Å². The minimum atomic E-state index is -0.0585. The van der Waals surface area contributed by atoms with Crippen molar-refractivity contribution in [1.29, 1.82) is 0 Å². The number of fused-ring (bicyclic) bond motifs is 1. The van der Waals surface area contributed by atoms with E-state index in [1.807, 2.05) is 35.8 Å². The van der Waals surface area contributed by atoms with Gasteiger partial charge in [0.2, 0.25) is 5.91 Å². The van der Waals surface area contributed by atoms with Crippen LogP contribution in [0.2, 0.25) is 0 Å². The molecule has 22 heavy (non-hydrogen) atoms. The van der Waals surface area contributed by atoms with Gasteiger partial charge in [0.05, 0.1) is 6.10 Å². The summed E-state index contributed by atoms with van der Waals surface area (Å²) >= 11 is 0. The summed E-state index contributed by atoms with van der Waals surface area (Å²) in [5, 5.41) is 3.81. The average molecular weight is 300 g/mol. The number of para-hydroxylation sites is 1. The van der Waals surface area contributed by atoms with E-state index in [0.717, 1.165) is 42.3 Å². The van der Waals surface area contributed by atoms with Crippen LogP contribution in [0.5, 0.6) is 0 Å². The van der Waals surface area contributed by atoms with E-state index in [-0.39, 0.29) is 18.6 Å².